The highest BCUT2D eigenvalue weighted by molar-refractivity contribution is 6.31. The van der Waals surface area contributed by atoms with Gasteiger partial charge in [-0.2, -0.15) is 0 Å². The molecule has 6 nitrogen and oxygen atoms in total. The molecule has 0 spiro atoms. The molecule has 0 radical (unpaired) electrons. The zero-order valence-electron chi connectivity index (χ0n) is 15.6. The molecule has 0 aromatic heterocycles. The van der Waals surface area contributed by atoms with Crippen molar-refractivity contribution in [1.82, 2.24) is 5.32 Å². The third-order valence-electron chi connectivity index (χ3n) is 4.24. The zero-order valence-corrected chi connectivity index (χ0v) is 16.4. The molecule has 4 N–H and O–H groups in total. The molecule has 2 rings (SSSR count). The molecule has 0 aliphatic heterocycles. The highest BCUT2D eigenvalue weighted by Gasteiger charge is 2.30. The van der Waals surface area contributed by atoms with Crippen LogP contribution in [0.3, 0.4) is 0 Å². The van der Waals surface area contributed by atoms with Crippen LogP contribution in [0.1, 0.15) is 24.5 Å². The Kier molecular flexibility index (Phi) is 6.82. The molecule has 0 bridgehead atoms. The summed E-state index contributed by atoms with van der Waals surface area (Å²) in [7, 11) is 1.50. The number of ether oxygens (including phenoxy) is 1. The van der Waals surface area contributed by atoms with Crippen LogP contribution in [0.5, 0.6) is 5.75 Å². The third kappa shape index (κ3) is 5.21. The normalized spacial score (nSPS) is 12.8. The van der Waals surface area contributed by atoms with Gasteiger partial charge >= 0.3 is 0 Å². The van der Waals surface area contributed by atoms with E-state index < -0.39 is 5.54 Å². The summed E-state index contributed by atoms with van der Waals surface area (Å²) in [5, 5.41) is 6.03. The van der Waals surface area contributed by atoms with Gasteiger partial charge in [-0.25, -0.2) is 0 Å². The Labute approximate surface area is 164 Å². The van der Waals surface area contributed by atoms with Gasteiger partial charge in [0.1, 0.15) is 11.3 Å². The van der Waals surface area contributed by atoms with Gasteiger partial charge in [-0.05, 0) is 31.0 Å². The number of aryl methyl sites for hydroxylation is 1. The van der Waals surface area contributed by atoms with E-state index in [1.165, 1.54) is 7.11 Å². The number of anilines is 1. The zero-order chi connectivity index (χ0) is 20.0. The SMILES string of the molecule is COc1cc(Cl)c(C)cc1NC(=O)CCNC(=O)C(C)(N)c1ccccc1. The maximum atomic E-state index is 12.4. The van der Waals surface area contributed by atoms with Gasteiger partial charge in [0.2, 0.25) is 11.8 Å². The van der Waals surface area contributed by atoms with Gasteiger partial charge in [0.05, 0.1) is 12.8 Å². The Bertz CT molecular complexity index is 823. The van der Waals surface area contributed by atoms with Crippen LogP contribution in [0.25, 0.3) is 0 Å². The van der Waals surface area contributed by atoms with Crippen molar-refractivity contribution in [3.63, 3.8) is 0 Å². The molecule has 2 aromatic rings. The van der Waals surface area contributed by atoms with E-state index in [2.05, 4.69) is 10.6 Å². The summed E-state index contributed by atoms with van der Waals surface area (Å²) in [4.78, 5) is 24.6. The second kappa shape index (κ2) is 8.88. The number of nitrogens with one attached hydrogen (secondary N) is 2. The monoisotopic (exact) mass is 389 g/mol. The van der Waals surface area contributed by atoms with E-state index in [4.69, 9.17) is 22.1 Å². The van der Waals surface area contributed by atoms with E-state index >= 15 is 0 Å². The van der Waals surface area contributed by atoms with Crippen LogP contribution >= 0.6 is 11.6 Å². The topological polar surface area (TPSA) is 93.5 Å². The summed E-state index contributed by atoms with van der Waals surface area (Å²) in [6.45, 7) is 3.64. The van der Waals surface area contributed by atoms with Crippen LogP contribution < -0.4 is 21.1 Å². The second-order valence-corrected chi connectivity index (χ2v) is 6.83. The molecule has 0 saturated heterocycles. The summed E-state index contributed by atoms with van der Waals surface area (Å²) in [6, 6.07) is 12.5. The molecule has 0 aliphatic carbocycles. The predicted molar refractivity (Wildman–Crippen MR) is 107 cm³/mol. The molecule has 0 saturated carbocycles. The van der Waals surface area contributed by atoms with E-state index in [1.54, 1.807) is 31.2 Å². The van der Waals surface area contributed by atoms with Crippen LogP contribution in [0.4, 0.5) is 5.69 Å². The highest BCUT2D eigenvalue weighted by Crippen LogP contribution is 2.31. The Morgan fingerprint density at radius 3 is 2.52 bits per heavy atom. The Balaban J connectivity index is 1.91. The fraction of sp³-hybridized carbons (Fsp3) is 0.300. The lowest BCUT2D eigenvalue weighted by atomic mass is 9.92. The minimum absolute atomic E-state index is 0.0986. The van der Waals surface area contributed by atoms with Crippen molar-refractivity contribution in [2.24, 2.45) is 5.73 Å². The number of nitrogens with two attached hydrogens (primary N) is 1. The lowest BCUT2D eigenvalue weighted by Crippen LogP contribution is -2.49. The maximum Gasteiger partial charge on any atom is 0.244 e. The molecular weight excluding hydrogens is 366 g/mol. The number of hydrogen-bond acceptors (Lipinski definition) is 4. The number of methoxy groups -OCH3 is 1. The first-order chi connectivity index (χ1) is 12.8. The molecule has 7 heteroatoms. The van der Waals surface area contributed by atoms with Gasteiger partial charge in [0, 0.05) is 24.1 Å². The van der Waals surface area contributed by atoms with E-state index in [-0.39, 0.29) is 24.8 Å². The third-order valence-corrected chi connectivity index (χ3v) is 4.64. The number of amides is 2. The van der Waals surface area contributed by atoms with Crippen molar-refractivity contribution >= 4 is 29.1 Å². The number of carbonyl (C=O) groups excluding carboxylic acids is 2. The van der Waals surface area contributed by atoms with Gasteiger partial charge in [-0.1, -0.05) is 41.9 Å². The molecule has 0 fully saturated rings. The van der Waals surface area contributed by atoms with Crippen molar-refractivity contribution < 1.29 is 14.3 Å². The first-order valence-electron chi connectivity index (χ1n) is 8.52. The lowest BCUT2D eigenvalue weighted by Gasteiger charge is -2.24. The number of hydrogen-bond donors (Lipinski definition) is 3. The molecular formula is C20H24ClN3O3. The summed E-state index contributed by atoms with van der Waals surface area (Å²) in [6.07, 6.45) is 0.0986. The second-order valence-electron chi connectivity index (χ2n) is 6.42. The molecule has 1 atom stereocenters. The molecule has 0 aliphatic rings. The van der Waals surface area contributed by atoms with Crippen LogP contribution in [-0.2, 0) is 15.1 Å². The van der Waals surface area contributed by atoms with E-state index in [9.17, 15) is 9.59 Å². The van der Waals surface area contributed by atoms with Gasteiger partial charge in [0.15, 0.2) is 0 Å². The van der Waals surface area contributed by atoms with E-state index in [0.717, 1.165) is 5.56 Å². The van der Waals surface area contributed by atoms with Crippen molar-refractivity contribution in [2.45, 2.75) is 25.8 Å². The quantitative estimate of drug-likeness (QED) is 0.678. The summed E-state index contributed by atoms with van der Waals surface area (Å²) in [5.41, 5.74) is 7.03. The van der Waals surface area contributed by atoms with E-state index in [0.29, 0.717) is 22.0 Å². The van der Waals surface area contributed by atoms with Gasteiger partial charge in [-0.3, -0.25) is 9.59 Å². The standard InChI is InChI=1S/C20H24ClN3O3/c1-13-11-16(17(27-3)12-15(13)21)24-18(25)9-10-23-19(26)20(2,22)14-7-5-4-6-8-14/h4-8,11-12H,9-10,22H2,1-3H3,(H,23,26)(H,24,25). The molecule has 0 heterocycles. The van der Waals surface area contributed by atoms with Crippen LogP contribution in [0.2, 0.25) is 5.02 Å². The minimum Gasteiger partial charge on any atom is -0.495 e. The highest BCUT2D eigenvalue weighted by atomic mass is 35.5. The molecule has 2 amide bonds. The smallest absolute Gasteiger partial charge is 0.244 e. The van der Waals surface area contributed by atoms with Crippen LogP contribution in [0.15, 0.2) is 42.5 Å². The molecule has 1 unspecified atom stereocenters. The average molecular weight is 390 g/mol. The maximum absolute atomic E-state index is 12.4. The molecule has 27 heavy (non-hydrogen) atoms. The fourth-order valence-electron chi connectivity index (χ4n) is 2.53. The van der Waals surface area contributed by atoms with Gasteiger partial charge in [-0.15, -0.1) is 0 Å². The van der Waals surface area contributed by atoms with Crippen molar-refractivity contribution in [1.29, 1.82) is 0 Å². The van der Waals surface area contributed by atoms with Gasteiger partial charge < -0.3 is 21.1 Å². The first-order valence-corrected chi connectivity index (χ1v) is 8.90. The number of halogens is 1. The largest absolute Gasteiger partial charge is 0.495 e. The molecule has 2 aromatic carbocycles. The van der Waals surface area contributed by atoms with Crippen molar-refractivity contribution in [3.8, 4) is 5.75 Å². The van der Waals surface area contributed by atoms with E-state index in [1.807, 2.05) is 25.1 Å². The number of benzene rings is 2. The van der Waals surface area contributed by atoms with Crippen molar-refractivity contribution in [3.05, 3.63) is 58.6 Å². The van der Waals surface area contributed by atoms with Crippen LogP contribution in [-0.4, -0.2) is 25.5 Å². The van der Waals surface area contributed by atoms with Crippen molar-refractivity contribution in [2.75, 3.05) is 19.0 Å². The minimum atomic E-state index is -1.17. The van der Waals surface area contributed by atoms with Gasteiger partial charge in [0.25, 0.3) is 0 Å². The summed E-state index contributed by atoms with van der Waals surface area (Å²) < 4.78 is 5.23. The van der Waals surface area contributed by atoms with Crippen LogP contribution in [0, 0.1) is 6.92 Å². The first kappa shape index (κ1) is 20.7. The Morgan fingerprint density at radius 1 is 1.22 bits per heavy atom. The Morgan fingerprint density at radius 2 is 1.89 bits per heavy atom. The summed E-state index contributed by atoms with van der Waals surface area (Å²) >= 11 is 6.06. The Hall–Kier alpha value is -2.57. The predicted octanol–water partition coefficient (Wildman–Crippen LogP) is 2.98. The molecule has 144 valence electrons. The average Bonchev–Trinajstić information content (AvgIpc) is 2.65. The number of carbonyl (C=O) groups is 2. The fourth-order valence-corrected chi connectivity index (χ4v) is 2.68. The lowest BCUT2D eigenvalue weighted by molar-refractivity contribution is -0.126. The summed E-state index contributed by atoms with van der Waals surface area (Å²) in [5.74, 6) is -0.128. The number of rotatable bonds is 7.